The number of rotatable bonds is 7. The highest BCUT2D eigenvalue weighted by molar-refractivity contribution is 7.85. The number of ether oxygens (including phenoxy) is 3. The fraction of sp³-hybridized carbons (Fsp3) is 0.400. The van der Waals surface area contributed by atoms with Crippen molar-refractivity contribution in [1.82, 2.24) is 0 Å². The zero-order valence-electron chi connectivity index (χ0n) is 22.2. The first kappa shape index (κ1) is 25.4. The molecule has 0 radical (unpaired) electrons. The molecular formula is C30H37O4P. The van der Waals surface area contributed by atoms with E-state index in [1.807, 2.05) is 58.0 Å². The van der Waals surface area contributed by atoms with Crippen LogP contribution in [-0.4, -0.2) is 21.3 Å². The van der Waals surface area contributed by atoms with E-state index in [1.165, 1.54) is 12.0 Å². The number of hydrogen-bond donors (Lipinski definition) is 0. The molecule has 186 valence electrons. The van der Waals surface area contributed by atoms with E-state index >= 15 is 4.57 Å². The second-order valence-electron chi connectivity index (χ2n) is 9.96. The van der Waals surface area contributed by atoms with E-state index in [2.05, 4.69) is 19.1 Å². The molecule has 1 aliphatic carbocycles. The molecule has 3 aromatic rings. The van der Waals surface area contributed by atoms with E-state index in [4.69, 9.17) is 14.2 Å². The summed E-state index contributed by atoms with van der Waals surface area (Å²) in [6.45, 7) is 10.3. The zero-order valence-corrected chi connectivity index (χ0v) is 23.1. The maximum Gasteiger partial charge on any atom is 0.171 e. The minimum Gasteiger partial charge on any atom is -0.497 e. The molecule has 5 heteroatoms. The summed E-state index contributed by atoms with van der Waals surface area (Å²) in [7, 11) is 1.79. The maximum absolute atomic E-state index is 15.5. The average molecular weight is 493 g/mol. The van der Waals surface area contributed by atoms with Gasteiger partial charge in [0.1, 0.15) is 17.2 Å². The highest BCUT2D eigenvalue weighted by Gasteiger charge is 2.35. The normalized spacial score (nSPS) is 17.6. The third-order valence-corrected chi connectivity index (χ3v) is 10.5. The van der Waals surface area contributed by atoms with Crippen LogP contribution in [0.2, 0.25) is 0 Å². The van der Waals surface area contributed by atoms with Gasteiger partial charge in [0.2, 0.25) is 0 Å². The summed E-state index contributed by atoms with van der Waals surface area (Å²) in [4.78, 5) is 0. The molecule has 1 saturated carbocycles. The van der Waals surface area contributed by atoms with Crippen molar-refractivity contribution in [2.75, 3.05) is 21.3 Å². The predicted octanol–water partition coefficient (Wildman–Crippen LogP) is 6.10. The van der Waals surface area contributed by atoms with Crippen molar-refractivity contribution < 1.29 is 18.8 Å². The molecule has 4 rings (SSSR count). The minimum atomic E-state index is -3.25. The average Bonchev–Trinajstić information content (AvgIpc) is 2.81. The van der Waals surface area contributed by atoms with Gasteiger partial charge in [-0.25, -0.2) is 0 Å². The number of methoxy groups -OCH3 is 3. The topological polar surface area (TPSA) is 44.8 Å². The molecule has 0 aliphatic heterocycles. The van der Waals surface area contributed by atoms with Crippen LogP contribution >= 0.6 is 7.14 Å². The molecule has 4 nitrogen and oxygen atoms in total. The fourth-order valence-corrected chi connectivity index (χ4v) is 8.63. The molecule has 1 fully saturated rings. The van der Waals surface area contributed by atoms with Gasteiger partial charge in [-0.1, -0.05) is 6.92 Å². The Labute approximate surface area is 210 Å². The molecule has 0 aromatic heterocycles. The summed E-state index contributed by atoms with van der Waals surface area (Å²) in [6.07, 6.45) is 2.38. The third-order valence-electron chi connectivity index (χ3n) is 7.59. The van der Waals surface area contributed by atoms with Gasteiger partial charge < -0.3 is 18.8 Å². The first-order valence-electron chi connectivity index (χ1n) is 12.2. The Kier molecular flexibility index (Phi) is 7.06. The lowest BCUT2D eigenvalue weighted by molar-refractivity contribution is 0.279. The molecule has 1 aliphatic rings. The van der Waals surface area contributed by atoms with Gasteiger partial charge in [0.05, 0.1) is 21.3 Å². The molecule has 0 saturated heterocycles. The Morgan fingerprint density at radius 1 is 0.657 bits per heavy atom. The van der Waals surface area contributed by atoms with Gasteiger partial charge in [0, 0.05) is 15.9 Å². The summed E-state index contributed by atoms with van der Waals surface area (Å²) in [6, 6.07) is 14.3. The highest BCUT2D eigenvalue weighted by Crippen LogP contribution is 2.48. The fourth-order valence-electron chi connectivity index (χ4n) is 5.59. The van der Waals surface area contributed by atoms with E-state index in [9.17, 15) is 0 Å². The van der Waals surface area contributed by atoms with Crippen LogP contribution in [0, 0.1) is 33.6 Å². The van der Waals surface area contributed by atoms with Gasteiger partial charge in [0.25, 0.3) is 0 Å². The van der Waals surface area contributed by atoms with Crippen LogP contribution < -0.4 is 30.1 Å². The Hall–Kier alpha value is -2.71. The van der Waals surface area contributed by atoms with Crippen molar-refractivity contribution in [3.63, 3.8) is 0 Å². The van der Waals surface area contributed by atoms with Crippen LogP contribution in [0.4, 0.5) is 0 Å². The van der Waals surface area contributed by atoms with E-state index in [0.29, 0.717) is 11.8 Å². The smallest absolute Gasteiger partial charge is 0.171 e. The Bertz CT molecular complexity index is 1200. The molecule has 2 atom stereocenters. The Morgan fingerprint density at radius 3 is 1.46 bits per heavy atom. The molecule has 2 unspecified atom stereocenters. The van der Waals surface area contributed by atoms with Crippen molar-refractivity contribution in [3.05, 3.63) is 70.3 Å². The second-order valence-corrected chi connectivity index (χ2v) is 12.7. The summed E-state index contributed by atoms with van der Waals surface area (Å²) in [5.41, 5.74) is 5.10. The monoisotopic (exact) mass is 492 g/mol. The van der Waals surface area contributed by atoms with Crippen LogP contribution in [0.1, 0.15) is 53.5 Å². The largest absolute Gasteiger partial charge is 0.497 e. The SMILES string of the molecule is COc1cc(C2CCC2C)cc(P(=O)(c2cc(C)c(OC)c(C)c2)c2cc(C)c(OC)c(C)c2)c1. The molecule has 0 heterocycles. The quantitative estimate of drug-likeness (QED) is 0.374. The predicted molar refractivity (Wildman–Crippen MR) is 146 cm³/mol. The third kappa shape index (κ3) is 4.38. The van der Waals surface area contributed by atoms with E-state index in [1.54, 1.807) is 21.3 Å². The molecule has 0 amide bonds. The summed E-state index contributed by atoms with van der Waals surface area (Å²) in [5.74, 6) is 3.50. The van der Waals surface area contributed by atoms with Crippen LogP contribution in [0.25, 0.3) is 0 Å². The van der Waals surface area contributed by atoms with Gasteiger partial charge in [-0.15, -0.1) is 0 Å². The summed E-state index contributed by atoms with van der Waals surface area (Å²) < 4.78 is 32.5. The molecule has 0 spiro atoms. The molecule has 35 heavy (non-hydrogen) atoms. The minimum absolute atomic E-state index is 0.468. The van der Waals surface area contributed by atoms with Gasteiger partial charge in [-0.3, -0.25) is 0 Å². The van der Waals surface area contributed by atoms with E-state index < -0.39 is 7.14 Å². The van der Waals surface area contributed by atoms with Crippen molar-refractivity contribution in [2.24, 2.45) is 5.92 Å². The van der Waals surface area contributed by atoms with Crippen molar-refractivity contribution in [1.29, 1.82) is 0 Å². The van der Waals surface area contributed by atoms with Crippen LogP contribution in [0.3, 0.4) is 0 Å². The first-order chi connectivity index (χ1) is 16.6. The highest BCUT2D eigenvalue weighted by atomic mass is 31.2. The summed E-state index contributed by atoms with van der Waals surface area (Å²) >= 11 is 0. The lowest BCUT2D eigenvalue weighted by atomic mass is 9.71. The lowest BCUT2D eigenvalue weighted by Crippen LogP contribution is -2.28. The van der Waals surface area contributed by atoms with Crippen molar-refractivity contribution in [3.8, 4) is 17.2 Å². The first-order valence-corrected chi connectivity index (χ1v) is 14.0. The zero-order chi connectivity index (χ0) is 25.5. The standard InChI is InChI=1S/C30H37O4P/c1-18-9-10-28(18)23-15-24(32-6)17-27(16-23)35(31,25-11-19(2)29(33-7)20(3)12-25)26-13-21(4)30(34-8)22(5)14-26/h11-18,28H,9-10H2,1-8H3. The van der Waals surface area contributed by atoms with Crippen LogP contribution in [-0.2, 0) is 4.57 Å². The molecule has 0 N–H and O–H groups in total. The van der Waals surface area contributed by atoms with Gasteiger partial charge >= 0.3 is 0 Å². The van der Waals surface area contributed by atoms with Crippen LogP contribution in [0.15, 0.2) is 42.5 Å². The Morgan fingerprint density at radius 2 is 1.11 bits per heavy atom. The van der Waals surface area contributed by atoms with Crippen molar-refractivity contribution >= 4 is 23.1 Å². The molecule has 3 aromatic carbocycles. The summed E-state index contributed by atoms with van der Waals surface area (Å²) in [5, 5.41) is 2.41. The van der Waals surface area contributed by atoms with Gasteiger partial charge in [0.15, 0.2) is 7.14 Å². The Balaban J connectivity index is 2.04. The molecular weight excluding hydrogens is 455 g/mol. The van der Waals surface area contributed by atoms with Gasteiger partial charge in [-0.2, -0.15) is 0 Å². The maximum atomic E-state index is 15.5. The van der Waals surface area contributed by atoms with E-state index in [0.717, 1.165) is 61.8 Å². The number of benzene rings is 3. The lowest BCUT2D eigenvalue weighted by Gasteiger charge is -2.35. The van der Waals surface area contributed by atoms with Crippen molar-refractivity contribution in [2.45, 2.75) is 53.4 Å². The van der Waals surface area contributed by atoms with E-state index in [-0.39, 0.29) is 0 Å². The second kappa shape index (κ2) is 9.74. The van der Waals surface area contributed by atoms with Gasteiger partial charge in [-0.05, 0) is 123 Å². The number of hydrogen-bond acceptors (Lipinski definition) is 4. The molecule has 0 bridgehead atoms. The number of aryl methyl sites for hydroxylation is 4. The van der Waals surface area contributed by atoms with Crippen LogP contribution in [0.5, 0.6) is 17.2 Å².